The summed E-state index contributed by atoms with van der Waals surface area (Å²) in [5.41, 5.74) is -0.486. The average Bonchev–Trinajstić information content (AvgIpc) is 2.12. The Balaban J connectivity index is 2.95. The lowest BCUT2D eigenvalue weighted by atomic mass is 9.99. The van der Waals surface area contributed by atoms with Gasteiger partial charge in [0.1, 0.15) is 17.3 Å². The van der Waals surface area contributed by atoms with Gasteiger partial charge in [0.15, 0.2) is 0 Å². The van der Waals surface area contributed by atoms with Gasteiger partial charge in [-0.05, 0) is 36.7 Å². The fraction of sp³-hybridized carbons (Fsp3) is 0.556. The van der Waals surface area contributed by atoms with Crippen LogP contribution in [0.15, 0.2) is 10.8 Å². The molecule has 0 bridgehead atoms. The maximum atomic E-state index is 9.55. The van der Waals surface area contributed by atoms with Crippen LogP contribution in [0.25, 0.3) is 0 Å². The molecule has 0 saturated heterocycles. The fourth-order valence-electron chi connectivity index (χ4n) is 0.845. The number of aromatic nitrogens is 2. The minimum absolute atomic E-state index is 0.342. The van der Waals surface area contributed by atoms with Gasteiger partial charge in [-0.25, -0.2) is 9.97 Å². The van der Waals surface area contributed by atoms with Crippen LogP contribution in [0.3, 0.4) is 0 Å². The van der Waals surface area contributed by atoms with E-state index in [1.54, 1.807) is 6.92 Å². The van der Waals surface area contributed by atoms with Crippen LogP contribution in [0.4, 0.5) is 5.82 Å². The molecule has 1 aromatic rings. The van der Waals surface area contributed by atoms with Gasteiger partial charge in [0.25, 0.3) is 0 Å². The summed E-state index contributed by atoms with van der Waals surface area (Å²) in [7, 11) is 0. The largest absolute Gasteiger partial charge is 0.391 e. The molecule has 1 atom stereocenters. The molecule has 0 aliphatic carbocycles. The van der Waals surface area contributed by atoms with Crippen LogP contribution in [-0.2, 0) is 0 Å². The van der Waals surface area contributed by atoms with Crippen molar-refractivity contribution in [2.24, 2.45) is 0 Å². The first-order valence-electron chi connectivity index (χ1n) is 4.47. The van der Waals surface area contributed by atoms with E-state index in [9.17, 15) is 5.11 Å². The van der Waals surface area contributed by atoms with Crippen LogP contribution < -0.4 is 5.32 Å². The molecular weight excluding hydrogens is 281 g/mol. The normalized spacial score (nSPS) is 13.7. The van der Waals surface area contributed by atoms with Gasteiger partial charge in [-0.1, -0.05) is 11.6 Å². The number of nitrogens with one attached hydrogen (secondary N) is 1. The molecule has 4 nitrogen and oxygen atoms in total. The number of hydrogen-bond acceptors (Lipinski definition) is 4. The van der Waals surface area contributed by atoms with Crippen molar-refractivity contribution >= 4 is 33.3 Å². The predicted molar refractivity (Wildman–Crippen MR) is 64.1 cm³/mol. The monoisotopic (exact) mass is 293 g/mol. The number of halogens is 2. The van der Waals surface area contributed by atoms with Gasteiger partial charge in [0, 0.05) is 0 Å². The molecule has 0 aliphatic rings. The van der Waals surface area contributed by atoms with Crippen molar-refractivity contribution in [1.29, 1.82) is 0 Å². The highest BCUT2D eigenvalue weighted by atomic mass is 79.9. The Labute approximate surface area is 102 Å². The van der Waals surface area contributed by atoms with Crippen LogP contribution in [0.1, 0.15) is 20.8 Å². The van der Waals surface area contributed by atoms with Crippen LogP contribution in [0, 0.1) is 0 Å². The van der Waals surface area contributed by atoms with E-state index in [2.05, 4.69) is 31.2 Å². The summed E-state index contributed by atoms with van der Waals surface area (Å²) in [6.45, 7) is 5.46. The predicted octanol–water partition coefficient (Wildman–Crippen LogP) is 2.46. The second kappa shape index (κ2) is 4.63. The van der Waals surface area contributed by atoms with E-state index in [0.717, 1.165) is 0 Å². The van der Waals surface area contributed by atoms with Crippen LogP contribution >= 0.6 is 27.5 Å². The number of aliphatic hydroxyl groups is 1. The standard InChI is InChI=1S/C9H13BrClN3O/c1-5(15)9(2,3)14-8-6(10)7(11)12-4-13-8/h4-5,15H,1-3H3,(H,12,13,14). The molecule has 0 radical (unpaired) electrons. The second-order valence-electron chi connectivity index (χ2n) is 3.85. The van der Waals surface area contributed by atoms with Gasteiger partial charge in [-0.2, -0.15) is 0 Å². The maximum Gasteiger partial charge on any atom is 0.148 e. The molecule has 0 aromatic carbocycles. The Hall–Kier alpha value is -0.390. The van der Waals surface area contributed by atoms with Gasteiger partial charge in [-0.3, -0.25) is 0 Å². The van der Waals surface area contributed by atoms with E-state index >= 15 is 0 Å². The van der Waals surface area contributed by atoms with E-state index in [-0.39, 0.29) is 0 Å². The first-order valence-corrected chi connectivity index (χ1v) is 5.64. The van der Waals surface area contributed by atoms with E-state index < -0.39 is 11.6 Å². The minimum Gasteiger partial charge on any atom is -0.391 e. The van der Waals surface area contributed by atoms with Gasteiger partial charge in [0.05, 0.1) is 16.1 Å². The Morgan fingerprint density at radius 1 is 1.53 bits per heavy atom. The third-order valence-electron chi connectivity index (χ3n) is 2.23. The minimum atomic E-state index is -0.516. The van der Waals surface area contributed by atoms with Crippen LogP contribution in [-0.4, -0.2) is 26.7 Å². The van der Waals surface area contributed by atoms with E-state index in [0.29, 0.717) is 15.4 Å². The van der Waals surface area contributed by atoms with E-state index in [4.69, 9.17) is 11.6 Å². The van der Waals surface area contributed by atoms with Crippen LogP contribution in [0.5, 0.6) is 0 Å². The summed E-state index contributed by atoms with van der Waals surface area (Å²) in [5, 5.41) is 13.0. The number of aliphatic hydroxyl groups excluding tert-OH is 1. The summed E-state index contributed by atoms with van der Waals surface area (Å²) < 4.78 is 0.598. The van der Waals surface area contributed by atoms with Crippen molar-refractivity contribution in [2.75, 3.05) is 5.32 Å². The quantitative estimate of drug-likeness (QED) is 0.841. The zero-order valence-corrected chi connectivity index (χ0v) is 11.1. The number of anilines is 1. The molecule has 6 heteroatoms. The summed E-state index contributed by atoms with van der Waals surface area (Å²) >= 11 is 9.10. The molecule has 0 spiro atoms. The topological polar surface area (TPSA) is 58.0 Å². The average molecular weight is 295 g/mol. The third-order valence-corrected chi connectivity index (χ3v) is 3.50. The molecule has 2 N–H and O–H groups in total. The summed E-state index contributed by atoms with van der Waals surface area (Å²) in [4.78, 5) is 7.86. The number of hydrogen-bond donors (Lipinski definition) is 2. The van der Waals surface area contributed by atoms with Crippen molar-refractivity contribution in [3.05, 3.63) is 16.0 Å². The fourth-order valence-corrected chi connectivity index (χ4v) is 1.28. The second-order valence-corrected chi connectivity index (χ2v) is 5.00. The summed E-state index contributed by atoms with van der Waals surface area (Å²) in [6.07, 6.45) is 0.853. The Kier molecular flexibility index (Phi) is 3.92. The Morgan fingerprint density at radius 3 is 2.67 bits per heavy atom. The molecule has 84 valence electrons. The van der Waals surface area contributed by atoms with Crippen molar-refractivity contribution in [3.63, 3.8) is 0 Å². The Bertz CT molecular complexity index is 357. The van der Waals surface area contributed by atoms with E-state index in [1.165, 1.54) is 6.33 Å². The first kappa shape index (κ1) is 12.7. The molecule has 1 heterocycles. The zero-order valence-electron chi connectivity index (χ0n) is 8.75. The van der Waals surface area contributed by atoms with Crippen molar-refractivity contribution in [3.8, 4) is 0 Å². The summed E-state index contributed by atoms with van der Waals surface area (Å²) in [5.74, 6) is 0.570. The molecule has 0 amide bonds. The molecule has 1 aromatic heterocycles. The molecule has 0 saturated carbocycles. The zero-order chi connectivity index (χ0) is 11.6. The highest BCUT2D eigenvalue weighted by Crippen LogP contribution is 2.28. The smallest absolute Gasteiger partial charge is 0.148 e. The molecule has 0 fully saturated rings. The molecular formula is C9H13BrClN3O. The van der Waals surface area contributed by atoms with Gasteiger partial charge in [-0.15, -0.1) is 0 Å². The van der Waals surface area contributed by atoms with Gasteiger partial charge >= 0.3 is 0 Å². The van der Waals surface area contributed by atoms with Crippen LogP contribution in [0.2, 0.25) is 5.15 Å². The van der Waals surface area contributed by atoms with Crippen molar-refractivity contribution in [2.45, 2.75) is 32.4 Å². The lowest BCUT2D eigenvalue weighted by molar-refractivity contribution is 0.133. The maximum absolute atomic E-state index is 9.55. The molecule has 1 unspecified atom stereocenters. The third kappa shape index (κ3) is 3.03. The first-order chi connectivity index (χ1) is 6.84. The molecule has 15 heavy (non-hydrogen) atoms. The highest BCUT2D eigenvalue weighted by Gasteiger charge is 2.25. The van der Waals surface area contributed by atoms with Crippen molar-refractivity contribution < 1.29 is 5.11 Å². The van der Waals surface area contributed by atoms with E-state index in [1.807, 2.05) is 13.8 Å². The Morgan fingerprint density at radius 2 is 2.13 bits per heavy atom. The number of nitrogens with zero attached hydrogens (tertiary/aromatic N) is 2. The lowest BCUT2D eigenvalue weighted by Crippen LogP contribution is -2.42. The molecule has 0 aliphatic heterocycles. The summed E-state index contributed by atoms with van der Waals surface area (Å²) in [6, 6.07) is 0. The van der Waals surface area contributed by atoms with Crippen molar-refractivity contribution in [1.82, 2.24) is 9.97 Å². The van der Waals surface area contributed by atoms with Gasteiger partial charge in [0.2, 0.25) is 0 Å². The highest BCUT2D eigenvalue weighted by molar-refractivity contribution is 9.10. The van der Waals surface area contributed by atoms with Gasteiger partial charge < -0.3 is 10.4 Å². The molecule has 1 rings (SSSR count). The lowest BCUT2D eigenvalue weighted by Gasteiger charge is -2.30. The number of rotatable bonds is 3. The SMILES string of the molecule is CC(O)C(C)(C)Nc1ncnc(Cl)c1Br.